The Labute approximate surface area is 119 Å². The normalized spacial score (nSPS) is 13.6. The van der Waals surface area contributed by atoms with Gasteiger partial charge in [0.15, 0.2) is 0 Å². The van der Waals surface area contributed by atoms with E-state index < -0.39 is 18.8 Å². The maximum absolute atomic E-state index is 12.0. The Morgan fingerprint density at radius 3 is 2.58 bits per heavy atom. The van der Waals surface area contributed by atoms with Crippen LogP contribution in [0, 0.1) is 0 Å². The SMILES string of the molecule is CCNC(COCC(F)(F)F)c1cccc(Cl)c1Cl. The highest BCUT2D eigenvalue weighted by atomic mass is 35.5. The molecule has 2 nitrogen and oxygen atoms in total. The lowest BCUT2D eigenvalue weighted by atomic mass is 10.1. The van der Waals surface area contributed by atoms with E-state index in [0.29, 0.717) is 22.2 Å². The van der Waals surface area contributed by atoms with E-state index in [1.165, 1.54) is 0 Å². The molecule has 1 atom stereocenters. The topological polar surface area (TPSA) is 21.3 Å². The molecule has 0 aliphatic carbocycles. The number of hydrogen-bond donors (Lipinski definition) is 1. The van der Waals surface area contributed by atoms with Crippen molar-refractivity contribution in [2.24, 2.45) is 0 Å². The molecule has 7 heteroatoms. The zero-order chi connectivity index (χ0) is 14.5. The molecule has 0 fully saturated rings. The van der Waals surface area contributed by atoms with Crippen molar-refractivity contribution in [2.45, 2.75) is 19.1 Å². The van der Waals surface area contributed by atoms with Crippen LogP contribution in [0.3, 0.4) is 0 Å². The second-order valence-corrected chi connectivity index (χ2v) is 4.67. The third kappa shape index (κ3) is 5.57. The Morgan fingerprint density at radius 1 is 1.32 bits per heavy atom. The Balaban J connectivity index is 2.74. The van der Waals surface area contributed by atoms with Gasteiger partial charge in [0.1, 0.15) is 6.61 Å². The quantitative estimate of drug-likeness (QED) is 0.848. The zero-order valence-corrected chi connectivity index (χ0v) is 11.7. The van der Waals surface area contributed by atoms with E-state index in [9.17, 15) is 13.2 Å². The van der Waals surface area contributed by atoms with Crippen LogP contribution >= 0.6 is 23.2 Å². The smallest absolute Gasteiger partial charge is 0.370 e. The molecule has 0 spiro atoms. The van der Waals surface area contributed by atoms with Crippen molar-refractivity contribution in [3.05, 3.63) is 33.8 Å². The van der Waals surface area contributed by atoms with E-state index in [-0.39, 0.29) is 6.61 Å². The van der Waals surface area contributed by atoms with Gasteiger partial charge in [-0.3, -0.25) is 0 Å². The zero-order valence-electron chi connectivity index (χ0n) is 10.2. The van der Waals surface area contributed by atoms with Crippen molar-refractivity contribution in [3.63, 3.8) is 0 Å². The molecule has 19 heavy (non-hydrogen) atoms. The van der Waals surface area contributed by atoms with Crippen LogP contribution < -0.4 is 5.32 Å². The van der Waals surface area contributed by atoms with Crippen molar-refractivity contribution >= 4 is 23.2 Å². The Hall–Kier alpha value is -0.490. The largest absolute Gasteiger partial charge is 0.411 e. The predicted molar refractivity (Wildman–Crippen MR) is 69.8 cm³/mol. The highest BCUT2D eigenvalue weighted by Crippen LogP contribution is 2.30. The van der Waals surface area contributed by atoms with Crippen LogP contribution in [0.4, 0.5) is 13.2 Å². The molecule has 0 aliphatic heterocycles. The number of benzene rings is 1. The highest BCUT2D eigenvalue weighted by molar-refractivity contribution is 6.42. The molecule has 0 amide bonds. The third-order valence-electron chi connectivity index (χ3n) is 2.36. The van der Waals surface area contributed by atoms with Crippen LogP contribution in [-0.2, 0) is 4.74 Å². The van der Waals surface area contributed by atoms with Crippen molar-refractivity contribution in [3.8, 4) is 0 Å². The summed E-state index contributed by atoms with van der Waals surface area (Å²) in [5.41, 5.74) is 0.623. The van der Waals surface area contributed by atoms with Crippen LogP contribution in [0.25, 0.3) is 0 Å². The molecule has 0 bridgehead atoms. The summed E-state index contributed by atoms with van der Waals surface area (Å²) in [6.07, 6.45) is -4.34. The van der Waals surface area contributed by atoms with Crippen molar-refractivity contribution in [1.82, 2.24) is 5.32 Å². The average Bonchev–Trinajstić information content (AvgIpc) is 2.30. The minimum atomic E-state index is -4.34. The van der Waals surface area contributed by atoms with E-state index >= 15 is 0 Å². The average molecular weight is 316 g/mol. The number of hydrogen-bond acceptors (Lipinski definition) is 2. The number of likely N-dealkylation sites (N-methyl/N-ethyl adjacent to an activating group) is 1. The summed E-state index contributed by atoms with van der Waals surface area (Å²) in [6, 6.07) is 4.59. The van der Waals surface area contributed by atoms with Crippen molar-refractivity contribution in [1.29, 1.82) is 0 Å². The van der Waals surface area contributed by atoms with E-state index in [2.05, 4.69) is 10.1 Å². The molecule has 0 saturated heterocycles. The summed E-state index contributed by atoms with van der Waals surface area (Å²) in [5, 5.41) is 3.70. The van der Waals surface area contributed by atoms with E-state index in [1.54, 1.807) is 18.2 Å². The first-order chi connectivity index (χ1) is 8.85. The van der Waals surface area contributed by atoms with Crippen LogP contribution in [0.1, 0.15) is 18.5 Å². The maximum atomic E-state index is 12.0. The molecule has 1 aromatic carbocycles. The number of rotatable bonds is 6. The van der Waals surface area contributed by atoms with Crippen LogP contribution in [0.2, 0.25) is 10.0 Å². The lowest BCUT2D eigenvalue weighted by molar-refractivity contribution is -0.175. The number of nitrogens with one attached hydrogen (secondary N) is 1. The molecule has 1 rings (SSSR count). The van der Waals surface area contributed by atoms with Gasteiger partial charge in [-0.15, -0.1) is 0 Å². The molecule has 0 heterocycles. The van der Waals surface area contributed by atoms with Crippen molar-refractivity contribution < 1.29 is 17.9 Å². The predicted octanol–water partition coefficient (Wildman–Crippen LogP) is 4.22. The second-order valence-electron chi connectivity index (χ2n) is 3.88. The fourth-order valence-electron chi connectivity index (χ4n) is 1.59. The van der Waals surface area contributed by atoms with Gasteiger partial charge in [-0.05, 0) is 18.2 Å². The molecular formula is C12H14Cl2F3NO. The Kier molecular flexibility index (Phi) is 6.39. The molecular weight excluding hydrogens is 302 g/mol. The van der Waals surface area contributed by atoms with Gasteiger partial charge in [-0.25, -0.2) is 0 Å². The molecule has 0 aliphatic rings. The van der Waals surface area contributed by atoms with Crippen molar-refractivity contribution in [2.75, 3.05) is 19.8 Å². The van der Waals surface area contributed by atoms with Gasteiger partial charge in [-0.1, -0.05) is 42.3 Å². The summed E-state index contributed by atoms with van der Waals surface area (Å²) in [6.45, 7) is 0.999. The van der Waals surface area contributed by atoms with E-state index in [4.69, 9.17) is 23.2 Å². The highest BCUT2D eigenvalue weighted by Gasteiger charge is 2.28. The summed E-state index contributed by atoms with van der Waals surface area (Å²) in [7, 11) is 0. The van der Waals surface area contributed by atoms with E-state index in [0.717, 1.165) is 0 Å². The summed E-state index contributed by atoms with van der Waals surface area (Å²) < 4.78 is 40.8. The molecule has 0 saturated carbocycles. The standard InChI is InChI=1S/C12H14Cl2F3NO/c1-2-18-10(6-19-7-12(15,16)17)8-4-3-5-9(13)11(8)14/h3-5,10,18H,2,6-7H2,1H3. The van der Waals surface area contributed by atoms with Gasteiger partial charge in [0.25, 0.3) is 0 Å². The first kappa shape index (κ1) is 16.6. The molecule has 1 N–H and O–H groups in total. The third-order valence-corrected chi connectivity index (χ3v) is 3.19. The van der Waals surface area contributed by atoms with E-state index in [1.807, 2.05) is 6.92 Å². The van der Waals surface area contributed by atoms with Crippen LogP contribution in [0.5, 0.6) is 0 Å². The number of ether oxygens (including phenoxy) is 1. The monoisotopic (exact) mass is 315 g/mol. The van der Waals surface area contributed by atoms with Gasteiger partial charge in [0, 0.05) is 0 Å². The van der Waals surface area contributed by atoms with Gasteiger partial charge in [0.05, 0.1) is 22.7 Å². The lowest BCUT2D eigenvalue weighted by Gasteiger charge is -2.20. The summed E-state index contributed by atoms with van der Waals surface area (Å²) >= 11 is 11.9. The lowest BCUT2D eigenvalue weighted by Crippen LogP contribution is -2.28. The Bertz CT molecular complexity index is 412. The Morgan fingerprint density at radius 2 is 2.00 bits per heavy atom. The summed E-state index contributed by atoms with van der Waals surface area (Å²) in [5.74, 6) is 0. The second kappa shape index (κ2) is 7.33. The molecule has 0 radical (unpaired) electrons. The van der Waals surface area contributed by atoms with Crippen LogP contribution in [-0.4, -0.2) is 25.9 Å². The summed E-state index contributed by atoms with van der Waals surface area (Å²) in [4.78, 5) is 0. The molecule has 1 unspecified atom stereocenters. The minimum Gasteiger partial charge on any atom is -0.370 e. The first-order valence-corrected chi connectivity index (χ1v) is 6.42. The van der Waals surface area contributed by atoms with Gasteiger partial charge >= 0.3 is 6.18 Å². The molecule has 0 aromatic heterocycles. The van der Waals surface area contributed by atoms with Crippen LogP contribution in [0.15, 0.2) is 18.2 Å². The first-order valence-electron chi connectivity index (χ1n) is 5.67. The molecule has 108 valence electrons. The number of alkyl halides is 3. The fourth-order valence-corrected chi connectivity index (χ4v) is 2.03. The minimum absolute atomic E-state index is 0.132. The molecule has 1 aromatic rings. The fraction of sp³-hybridized carbons (Fsp3) is 0.500. The van der Waals surface area contributed by atoms with Gasteiger partial charge in [0.2, 0.25) is 0 Å². The van der Waals surface area contributed by atoms with Gasteiger partial charge in [-0.2, -0.15) is 13.2 Å². The van der Waals surface area contributed by atoms with Gasteiger partial charge < -0.3 is 10.1 Å². The number of halogens is 5. The maximum Gasteiger partial charge on any atom is 0.411 e.